The van der Waals surface area contributed by atoms with Crippen LogP contribution in [0.5, 0.6) is 0 Å². The fourth-order valence-corrected chi connectivity index (χ4v) is 2.19. The molecule has 2 unspecified atom stereocenters. The molecule has 0 bridgehead atoms. The van der Waals surface area contributed by atoms with Crippen molar-refractivity contribution < 1.29 is 14.3 Å². The lowest BCUT2D eigenvalue weighted by Crippen LogP contribution is -2.45. The molecule has 6 heteroatoms. The number of hydrogen-bond acceptors (Lipinski definition) is 4. The Kier molecular flexibility index (Phi) is 6.95. The summed E-state index contributed by atoms with van der Waals surface area (Å²) in [4.78, 5) is 23.4. The molecule has 0 aromatic rings. The van der Waals surface area contributed by atoms with Gasteiger partial charge in [-0.05, 0) is 59.9 Å². The molecule has 0 spiro atoms. The highest BCUT2D eigenvalue weighted by atomic mass is 16.6. The van der Waals surface area contributed by atoms with Crippen LogP contribution in [0.3, 0.4) is 0 Å². The third-order valence-corrected chi connectivity index (χ3v) is 3.27. The lowest BCUT2D eigenvalue weighted by molar-refractivity contribution is -0.122. The summed E-state index contributed by atoms with van der Waals surface area (Å²) in [6.45, 7) is 8.90. The molecule has 0 saturated carbocycles. The summed E-state index contributed by atoms with van der Waals surface area (Å²) >= 11 is 0. The molecule has 1 aliphatic rings. The minimum absolute atomic E-state index is 0.00110. The number of carbonyl (C=O) groups excluding carboxylic acids is 2. The van der Waals surface area contributed by atoms with Crippen molar-refractivity contribution in [3.63, 3.8) is 0 Å². The SMILES string of the molecule is CC(CCNC1CCCCNC1=O)NC(=O)OC(C)(C)C. The van der Waals surface area contributed by atoms with Crippen molar-refractivity contribution in [3.05, 3.63) is 0 Å². The Balaban J connectivity index is 2.22. The van der Waals surface area contributed by atoms with Gasteiger partial charge in [-0.25, -0.2) is 4.79 Å². The standard InChI is InChI=1S/C15H29N3O3/c1-11(18-14(20)21-15(2,3)4)8-10-16-12-7-5-6-9-17-13(12)19/h11-12,16H,5-10H2,1-4H3,(H,17,19)(H,18,20). The van der Waals surface area contributed by atoms with Crippen molar-refractivity contribution in [2.24, 2.45) is 0 Å². The fraction of sp³-hybridized carbons (Fsp3) is 0.867. The van der Waals surface area contributed by atoms with Gasteiger partial charge in [0.15, 0.2) is 0 Å². The Labute approximate surface area is 127 Å². The van der Waals surface area contributed by atoms with Crippen LogP contribution in [0.25, 0.3) is 0 Å². The van der Waals surface area contributed by atoms with E-state index in [2.05, 4.69) is 16.0 Å². The zero-order chi connectivity index (χ0) is 15.9. The van der Waals surface area contributed by atoms with Gasteiger partial charge in [-0.15, -0.1) is 0 Å². The highest BCUT2D eigenvalue weighted by Gasteiger charge is 2.20. The van der Waals surface area contributed by atoms with Crippen LogP contribution in [0, 0.1) is 0 Å². The van der Waals surface area contributed by atoms with E-state index in [1.54, 1.807) is 0 Å². The van der Waals surface area contributed by atoms with E-state index in [9.17, 15) is 9.59 Å². The van der Waals surface area contributed by atoms with Crippen LogP contribution in [-0.4, -0.2) is 42.8 Å². The van der Waals surface area contributed by atoms with Gasteiger partial charge >= 0.3 is 6.09 Å². The summed E-state index contributed by atoms with van der Waals surface area (Å²) < 4.78 is 5.20. The first-order chi connectivity index (χ1) is 9.78. The molecular formula is C15H29N3O3. The zero-order valence-corrected chi connectivity index (χ0v) is 13.6. The van der Waals surface area contributed by atoms with Crippen molar-refractivity contribution in [2.75, 3.05) is 13.1 Å². The smallest absolute Gasteiger partial charge is 0.407 e. The van der Waals surface area contributed by atoms with Crippen molar-refractivity contribution in [2.45, 2.75) is 71.1 Å². The zero-order valence-electron chi connectivity index (χ0n) is 13.6. The summed E-state index contributed by atoms with van der Waals surface area (Å²) in [5, 5.41) is 8.96. The normalized spacial score (nSPS) is 21.1. The molecule has 1 heterocycles. The molecule has 21 heavy (non-hydrogen) atoms. The van der Waals surface area contributed by atoms with Gasteiger partial charge in [0, 0.05) is 12.6 Å². The predicted octanol–water partition coefficient (Wildman–Crippen LogP) is 1.55. The lowest BCUT2D eigenvalue weighted by atomic mass is 10.1. The predicted molar refractivity (Wildman–Crippen MR) is 82.1 cm³/mol. The average molecular weight is 299 g/mol. The number of rotatable bonds is 5. The molecule has 0 aromatic carbocycles. The van der Waals surface area contributed by atoms with Crippen molar-refractivity contribution >= 4 is 12.0 Å². The van der Waals surface area contributed by atoms with Gasteiger partial charge in [0.05, 0.1) is 6.04 Å². The second-order valence-electron chi connectivity index (χ2n) is 6.63. The summed E-state index contributed by atoms with van der Waals surface area (Å²) in [7, 11) is 0. The van der Waals surface area contributed by atoms with Crippen molar-refractivity contribution in [1.82, 2.24) is 16.0 Å². The quantitative estimate of drug-likeness (QED) is 0.719. The molecule has 3 N–H and O–H groups in total. The maximum atomic E-state index is 11.8. The number of ether oxygens (including phenoxy) is 1. The van der Waals surface area contributed by atoms with Gasteiger partial charge in [0.2, 0.25) is 5.91 Å². The Morgan fingerprint density at radius 1 is 1.43 bits per heavy atom. The molecule has 1 aliphatic heterocycles. The first kappa shape index (κ1) is 17.8. The van der Waals surface area contributed by atoms with Crippen LogP contribution in [-0.2, 0) is 9.53 Å². The van der Waals surface area contributed by atoms with E-state index in [0.717, 1.165) is 32.2 Å². The summed E-state index contributed by atoms with van der Waals surface area (Å²) in [5.41, 5.74) is -0.486. The molecule has 122 valence electrons. The van der Waals surface area contributed by atoms with E-state index in [-0.39, 0.29) is 18.0 Å². The second-order valence-corrected chi connectivity index (χ2v) is 6.63. The Morgan fingerprint density at radius 2 is 2.14 bits per heavy atom. The molecule has 0 radical (unpaired) electrons. The number of nitrogens with one attached hydrogen (secondary N) is 3. The van der Waals surface area contributed by atoms with E-state index >= 15 is 0 Å². The van der Waals surface area contributed by atoms with Gasteiger partial charge < -0.3 is 20.7 Å². The molecule has 1 fully saturated rings. The fourth-order valence-electron chi connectivity index (χ4n) is 2.19. The van der Waals surface area contributed by atoms with Crippen LogP contribution in [0.1, 0.15) is 53.4 Å². The lowest BCUT2D eigenvalue weighted by Gasteiger charge is -2.22. The topological polar surface area (TPSA) is 79.5 Å². The first-order valence-corrected chi connectivity index (χ1v) is 7.78. The molecule has 1 rings (SSSR count). The van der Waals surface area contributed by atoms with Gasteiger partial charge in [-0.1, -0.05) is 0 Å². The Morgan fingerprint density at radius 3 is 2.81 bits per heavy atom. The highest BCUT2D eigenvalue weighted by molar-refractivity contribution is 5.81. The molecule has 0 aromatic heterocycles. The Hall–Kier alpha value is -1.30. The van der Waals surface area contributed by atoms with E-state index < -0.39 is 11.7 Å². The molecule has 6 nitrogen and oxygen atoms in total. The molecule has 2 amide bonds. The van der Waals surface area contributed by atoms with Gasteiger partial charge in [-0.3, -0.25) is 4.79 Å². The molecule has 2 atom stereocenters. The summed E-state index contributed by atoms with van der Waals surface area (Å²) in [5.74, 6) is 0.0836. The second kappa shape index (κ2) is 8.22. The van der Waals surface area contributed by atoms with Gasteiger partial charge in [-0.2, -0.15) is 0 Å². The molecule has 1 saturated heterocycles. The number of amides is 2. The van der Waals surface area contributed by atoms with E-state index in [1.165, 1.54) is 0 Å². The number of alkyl carbamates (subject to hydrolysis) is 1. The minimum atomic E-state index is -0.486. The minimum Gasteiger partial charge on any atom is -0.444 e. The third-order valence-electron chi connectivity index (χ3n) is 3.27. The summed E-state index contributed by atoms with van der Waals surface area (Å²) in [6, 6.07) is -0.109. The van der Waals surface area contributed by atoms with Crippen LogP contribution in [0.2, 0.25) is 0 Å². The average Bonchev–Trinajstić information content (AvgIpc) is 2.52. The molecular weight excluding hydrogens is 270 g/mol. The van der Waals surface area contributed by atoms with Gasteiger partial charge in [0.1, 0.15) is 5.60 Å². The van der Waals surface area contributed by atoms with E-state index in [0.29, 0.717) is 6.54 Å². The maximum absolute atomic E-state index is 11.8. The van der Waals surface area contributed by atoms with Crippen LogP contribution < -0.4 is 16.0 Å². The first-order valence-electron chi connectivity index (χ1n) is 7.78. The van der Waals surface area contributed by atoms with Gasteiger partial charge in [0.25, 0.3) is 0 Å². The summed E-state index contributed by atoms with van der Waals surface area (Å²) in [6.07, 6.45) is 3.33. The largest absolute Gasteiger partial charge is 0.444 e. The molecule has 0 aliphatic carbocycles. The van der Waals surface area contributed by atoms with Crippen LogP contribution >= 0.6 is 0 Å². The highest BCUT2D eigenvalue weighted by Crippen LogP contribution is 2.07. The Bertz CT molecular complexity index is 353. The third kappa shape index (κ3) is 7.90. The van der Waals surface area contributed by atoms with E-state index in [1.807, 2.05) is 27.7 Å². The van der Waals surface area contributed by atoms with E-state index in [4.69, 9.17) is 4.74 Å². The maximum Gasteiger partial charge on any atom is 0.407 e. The number of carbonyl (C=O) groups is 2. The van der Waals surface area contributed by atoms with Crippen LogP contribution in [0.15, 0.2) is 0 Å². The monoisotopic (exact) mass is 299 g/mol. The van der Waals surface area contributed by atoms with Crippen molar-refractivity contribution in [3.8, 4) is 0 Å². The van der Waals surface area contributed by atoms with Crippen LogP contribution in [0.4, 0.5) is 4.79 Å². The van der Waals surface area contributed by atoms with Crippen molar-refractivity contribution in [1.29, 1.82) is 0 Å². The number of hydrogen-bond donors (Lipinski definition) is 3.